The average Bonchev–Trinajstić information content (AvgIpc) is 2.84. The minimum atomic E-state index is -0.0970. The molecule has 0 aromatic carbocycles. The number of piperidine rings is 1. The van der Waals surface area contributed by atoms with Crippen molar-refractivity contribution in [3.63, 3.8) is 0 Å². The van der Waals surface area contributed by atoms with E-state index in [1.165, 1.54) is 19.3 Å². The molecule has 0 aliphatic carbocycles. The molecule has 0 bridgehead atoms. The van der Waals surface area contributed by atoms with Crippen LogP contribution in [0.4, 0.5) is 0 Å². The van der Waals surface area contributed by atoms with Gasteiger partial charge < -0.3 is 4.98 Å². The maximum Gasteiger partial charge on any atom is 0.138 e. The van der Waals surface area contributed by atoms with Crippen molar-refractivity contribution in [2.24, 2.45) is 0 Å². The van der Waals surface area contributed by atoms with Crippen molar-refractivity contribution in [3.8, 4) is 6.07 Å². The number of hydrogen-bond acceptors (Lipinski definition) is 2. The summed E-state index contributed by atoms with van der Waals surface area (Å²) in [4.78, 5) is 5.52. The first-order valence-corrected chi connectivity index (χ1v) is 6.15. The second-order valence-corrected chi connectivity index (χ2v) is 4.45. The minimum Gasteiger partial charge on any atom is -0.363 e. The van der Waals surface area contributed by atoms with Gasteiger partial charge in [-0.15, -0.1) is 0 Å². The maximum atomic E-state index is 9.35. The lowest BCUT2D eigenvalue weighted by atomic mass is 9.97. The van der Waals surface area contributed by atoms with E-state index in [0.717, 1.165) is 18.7 Å². The van der Waals surface area contributed by atoms with E-state index in [4.69, 9.17) is 0 Å². The van der Waals surface area contributed by atoms with Gasteiger partial charge in [-0.25, -0.2) is 0 Å². The van der Waals surface area contributed by atoms with Crippen LogP contribution in [0.1, 0.15) is 44.3 Å². The number of H-pyrrole nitrogens is 1. The number of nitrogens with one attached hydrogen (secondary N) is 1. The van der Waals surface area contributed by atoms with Crippen LogP contribution in [0.3, 0.4) is 0 Å². The van der Waals surface area contributed by atoms with Gasteiger partial charge in [0.1, 0.15) is 6.04 Å². The Bertz CT molecular complexity index is 350. The van der Waals surface area contributed by atoms with Crippen LogP contribution >= 0.6 is 0 Å². The van der Waals surface area contributed by atoms with Gasteiger partial charge in [-0.3, -0.25) is 4.90 Å². The Labute approximate surface area is 97.1 Å². The van der Waals surface area contributed by atoms with Crippen molar-refractivity contribution in [2.75, 3.05) is 6.54 Å². The number of nitrogens with zero attached hydrogens (tertiary/aromatic N) is 2. The van der Waals surface area contributed by atoms with Crippen molar-refractivity contribution >= 4 is 0 Å². The second kappa shape index (κ2) is 5.18. The molecular formula is C13H19N3. The highest BCUT2D eigenvalue weighted by atomic mass is 15.2. The molecule has 1 saturated heterocycles. The van der Waals surface area contributed by atoms with Gasteiger partial charge in [-0.1, -0.05) is 13.3 Å². The predicted octanol–water partition coefficient (Wildman–Crippen LogP) is 2.84. The third-order valence-corrected chi connectivity index (χ3v) is 3.51. The number of hydrogen-bond donors (Lipinski definition) is 1. The number of rotatable bonds is 3. The molecule has 2 atom stereocenters. The first-order chi connectivity index (χ1) is 7.86. The molecule has 1 aliphatic rings. The molecule has 16 heavy (non-hydrogen) atoms. The average molecular weight is 217 g/mol. The second-order valence-electron chi connectivity index (χ2n) is 4.45. The Morgan fingerprint density at radius 3 is 3.12 bits per heavy atom. The Kier molecular flexibility index (Phi) is 3.63. The van der Waals surface area contributed by atoms with Crippen LogP contribution in [0.25, 0.3) is 0 Å². The monoisotopic (exact) mass is 217 g/mol. The minimum absolute atomic E-state index is 0.0970. The highest BCUT2D eigenvalue weighted by Gasteiger charge is 2.29. The summed E-state index contributed by atoms with van der Waals surface area (Å²) < 4.78 is 0. The third kappa shape index (κ3) is 2.12. The number of nitriles is 1. The molecule has 0 spiro atoms. The zero-order valence-corrected chi connectivity index (χ0v) is 9.82. The van der Waals surface area contributed by atoms with Gasteiger partial charge in [0.05, 0.1) is 6.07 Å². The first-order valence-electron chi connectivity index (χ1n) is 6.15. The van der Waals surface area contributed by atoms with E-state index < -0.39 is 0 Å². The lowest BCUT2D eigenvalue weighted by Gasteiger charge is -2.37. The number of aromatic nitrogens is 1. The van der Waals surface area contributed by atoms with Crippen LogP contribution in [-0.4, -0.2) is 22.5 Å². The quantitative estimate of drug-likeness (QED) is 0.846. The van der Waals surface area contributed by atoms with Gasteiger partial charge in [-0.2, -0.15) is 5.26 Å². The maximum absolute atomic E-state index is 9.35. The first kappa shape index (κ1) is 11.2. The number of likely N-dealkylation sites (tertiary alicyclic amines) is 1. The van der Waals surface area contributed by atoms with Crippen molar-refractivity contribution in [2.45, 2.75) is 44.7 Å². The van der Waals surface area contributed by atoms with Gasteiger partial charge in [0.15, 0.2) is 0 Å². The molecule has 1 N–H and O–H groups in total. The highest BCUT2D eigenvalue weighted by molar-refractivity contribution is 5.17. The molecular weight excluding hydrogens is 198 g/mol. The van der Waals surface area contributed by atoms with Gasteiger partial charge in [0.2, 0.25) is 0 Å². The topological polar surface area (TPSA) is 42.8 Å². The molecule has 2 heterocycles. The molecule has 1 aromatic rings. The molecule has 0 saturated carbocycles. The van der Waals surface area contributed by atoms with E-state index in [1.807, 2.05) is 18.3 Å². The normalized spacial score (nSPS) is 23.9. The molecule has 1 aromatic heterocycles. The van der Waals surface area contributed by atoms with E-state index in [1.54, 1.807) is 0 Å². The molecule has 2 unspecified atom stereocenters. The van der Waals surface area contributed by atoms with Gasteiger partial charge in [0, 0.05) is 24.5 Å². The van der Waals surface area contributed by atoms with Gasteiger partial charge in [0.25, 0.3) is 0 Å². The van der Waals surface area contributed by atoms with Crippen molar-refractivity contribution < 1.29 is 0 Å². The summed E-state index contributed by atoms with van der Waals surface area (Å²) in [5.41, 5.74) is 1.03. The summed E-state index contributed by atoms with van der Waals surface area (Å²) in [5, 5.41) is 9.35. The van der Waals surface area contributed by atoms with Gasteiger partial charge in [-0.05, 0) is 31.4 Å². The van der Waals surface area contributed by atoms with Gasteiger partial charge >= 0.3 is 0 Å². The molecule has 0 radical (unpaired) electrons. The van der Waals surface area contributed by atoms with Crippen LogP contribution < -0.4 is 0 Å². The van der Waals surface area contributed by atoms with Crippen LogP contribution in [0.5, 0.6) is 0 Å². The lowest BCUT2D eigenvalue weighted by molar-refractivity contribution is 0.115. The Morgan fingerprint density at radius 2 is 2.50 bits per heavy atom. The van der Waals surface area contributed by atoms with E-state index in [-0.39, 0.29) is 6.04 Å². The van der Waals surface area contributed by atoms with E-state index in [0.29, 0.717) is 6.04 Å². The number of aromatic amines is 1. The largest absolute Gasteiger partial charge is 0.363 e. The summed E-state index contributed by atoms with van der Waals surface area (Å²) in [6.07, 6.45) is 6.78. The van der Waals surface area contributed by atoms with Crippen LogP contribution in [0, 0.1) is 11.3 Å². The molecule has 1 fully saturated rings. The van der Waals surface area contributed by atoms with Crippen LogP contribution in [0.2, 0.25) is 0 Å². The summed E-state index contributed by atoms with van der Waals surface area (Å²) >= 11 is 0. The third-order valence-electron chi connectivity index (χ3n) is 3.51. The summed E-state index contributed by atoms with van der Waals surface area (Å²) in [7, 11) is 0. The van der Waals surface area contributed by atoms with Crippen LogP contribution in [0.15, 0.2) is 18.3 Å². The highest BCUT2D eigenvalue weighted by Crippen LogP contribution is 2.28. The Hall–Kier alpha value is -1.27. The fourth-order valence-electron chi connectivity index (χ4n) is 2.64. The summed E-state index contributed by atoms with van der Waals surface area (Å²) in [5.74, 6) is 0. The smallest absolute Gasteiger partial charge is 0.138 e. The van der Waals surface area contributed by atoms with Crippen molar-refractivity contribution in [3.05, 3.63) is 24.0 Å². The summed E-state index contributed by atoms with van der Waals surface area (Å²) in [6.45, 7) is 3.27. The molecule has 2 rings (SSSR count). The molecule has 1 aliphatic heterocycles. The zero-order chi connectivity index (χ0) is 11.4. The predicted molar refractivity (Wildman–Crippen MR) is 63.8 cm³/mol. The molecule has 86 valence electrons. The fraction of sp³-hybridized carbons (Fsp3) is 0.615. The standard InChI is InChI=1S/C13H19N3/c1-2-11-6-3-4-9-16(11)13(10-14)12-7-5-8-15-12/h5,7-8,11,13,15H,2-4,6,9H2,1H3. The van der Waals surface area contributed by atoms with E-state index in [2.05, 4.69) is 22.9 Å². The van der Waals surface area contributed by atoms with E-state index >= 15 is 0 Å². The van der Waals surface area contributed by atoms with E-state index in [9.17, 15) is 5.26 Å². The van der Waals surface area contributed by atoms with Crippen LogP contribution in [-0.2, 0) is 0 Å². The Morgan fingerprint density at radius 1 is 1.62 bits per heavy atom. The molecule has 3 heteroatoms. The molecule has 0 amide bonds. The molecule has 3 nitrogen and oxygen atoms in total. The summed E-state index contributed by atoms with van der Waals surface area (Å²) in [6, 6.07) is 6.88. The lowest BCUT2D eigenvalue weighted by Crippen LogP contribution is -2.41. The Balaban J connectivity index is 2.17. The SMILES string of the molecule is CCC1CCCCN1C(C#N)c1ccc[nH]1. The fourth-order valence-corrected chi connectivity index (χ4v) is 2.64. The zero-order valence-electron chi connectivity index (χ0n) is 9.82. The van der Waals surface area contributed by atoms with Crippen molar-refractivity contribution in [1.82, 2.24) is 9.88 Å². The van der Waals surface area contributed by atoms with Crippen molar-refractivity contribution in [1.29, 1.82) is 5.26 Å².